The van der Waals surface area contributed by atoms with Gasteiger partial charge in [0.1, 0.15) is 0 Å². The number of carbonyl (C=O) groups excluding carboxylic acids is 1. The van der Waals surface area contributed by atoms with Gasteiger partial charge in [0.15, 0.2) is 0 Å². The number of halogens is 1. The summed E-state index contributed by atoms with van der Waals surface area (Å²) in [6.07, 6.45) is 3.04. The number of amides is 1. The first-order valence-corrected chi connectivity index (χ1v) is 6.45. The molecule has 6 heteroatoms. The molecule has 0 aromatic carbocycles. The van der Waals surface area contributed by atoms with E-state index < -0.39 is 11.5 Å². The number of carbonyl (C=O) groups is 1. The van der Waals surface area contributed by atoms with Gasteiger partial charge in [-0.15, -0.1) is 0 Å². The first-order chi connectivity index (χ1) is 7.94. The summed E-state index contributed by atoms with van der Waals surface area (Å²) in [6.45, 7) is 1.79. The lowest BCUT2D eigenvalue weighted by atomic mass is 10.1. The normalized spacial score (nSPS) is 14.1. The molecule has 0 bridgehead atoms. The van der Waals surface area contributed by atoms with Crippen LogP contribution >= 0.6 is 11.8 Å². The van der Waals surface area contributed by atoms with Gasteiger partial charge in [0.25, 0.3) is 5.91 Å². The number of pyridine rings is 1. The van der Waals surface area contributed by atoms with Gasteiger partial charge in [0.2, 0.25) is 5.95 Å². The smallest absolute Gasteiger partial charge is 0.252 e. The van der Waals surface area contributed by atoms with E-state index in [0.29, 0.717) is 5.75 Å². The number of hydrogen-bond acceptors (Lipinski definition) is 4. The van der Waals surface area contributed by atoms with Crippen molar-refractivity contribution in [1.82, 2.24) is 10.3 Å². The fraction of sp³-hybridized carbons (Fsp3) is 0.455. The van der Waals surface area contributed by atoms with Crippen molar-refractivity contribution in [2.75, 3.05) is 18.6 Å². The maximum absolute atomic E-state index is 12.5. The Labute approximate surface area is 104 Å². The standard InChI is InChI=1S/C11H15FN2O2S/c1-11(16,7-17-2)6-14-10(15)8-3-4-9(12)13-5-8/h3-5,16H,6-7H2,1-2H3,(H,14,15). The highest BCUT2D eigenvalue weighted by Crippen LogP contribution is 2.09. The van der Waals surface area contributed by atoms with Crippen LogP contribution in [0.25, 0.3) is 0 Å². The minimum absolute atomic E-state index is 0.143. The SMILES string of the molecule is CSCC(C)(O)CNC(=O)c1ccc(F)nc1. The number of hydrogen-bond donors (Lipinski definition) is 2. The largest absolute Gasteiger partial charge is 0.387 e. The Morgan fingerprint density at radius 1 is 1.65 bits per heavy atom. The zero-order chi connectivity index (χ0) is 12.9. The Hall–Kier alpha value is -1.14. The van der Waals surface area contributed by atoms with Crippen molar-refractivity contribution >= 4 is 17.7 Å². The fourth-order valence-corrected chi connectivity index (χ4v) is 1.97. The summed E-state index contributed by atoms with van der Waals surface area (Å²) in [5, 5.41) is 12.4. The van der Waals surface area contributed by atoms with Crippen molar-refractivity contribution in [3.05, 3.63) is 29.8 Å². The molecule has 0 radical (unpaired) electrons. The van der Waals surface area contributed by atoms with Crippen molar-refractivity contribution in [2.24, 2.45) is 0 Å². The molecule has 2 N–H and O–H groups in total. The third kappa shape index (κ3) is 4.70. The maximum Gasteiger partial charge on any atom is 0.252 e. The molecular weight excluding hydrogens is 243 g/mol. The van der Waals surface area contributed by atoms with Crippen LogP contribution in [0.4, 0.5) is 4.39 Å². The van der Waals surface area contributed by atoms with E-state index >= 15 is 0 Å². The van der Waals surface area contributed by atoms with Crippen LogP contribution in [-0.4, -0.2) is 40.2 Å². The third-order valence-corrected chi connectivity index (χ3v) is 2.99. The van der Waals surface area contributed by atoms with Gasteiger partial charge >= 0.3 is 0 Å². The number of aliphatic hydroxyl groups is 1. The second-order valence-electron chi connectivity index (χ2n) is 3.98. The zero-order valence-electron chi connectivity index (χ0n) is 9.74. The topological polar surface area (TPSA) is 62.2 Å². The van der Waals surface area contributed by atoms with Gasteiger partial charge in [-0.2, -0.15) is 16.2 Å². The molecular formula is C11H15FN2O2S. The summed E-state index contributed by atoms with van der Waals surface area (Å²) < 4.78 is 12.5. The van der Waals surface area contributed by atoms with E-state index in [1.54, 1.807) is 6.92 Å². The summed E-state index contributed by atoms with van der Waals surface area (Å²) in [6, 6.07) is 2.47. The van der Waals surface area contributed by atoms with Crippen molar-refractivity contribution in [3.8, 4) is 0 Å². The molecule has 1 aromatic rings. The van der Waals surface area contributed by atoms with Crippen LogP contribution in [0.2, 0.25) is 0 Å². The van der Waals surface area contributed by atoms with Crippen molar-refractivity contribution in [3.63, 3.8) is 0 Å². The van der Waals surface area contributed by atoms with Crippen LogP contribution in [0.15, 0.2) is 18.3 Å². The minimum Gasteiger partial charge on any atom is -0.387 e. The van der Waals surface area contributed by atoms with Gasteiger partial charge < -0.3 is 10.4 Å². The summed E-state index contributed by atoms with van der Waals surface area (Å²) in [5.41, 5.74) is -0.686. The number of rotatable bonds is 5. The molecule has 0 spiro atoms. The second-order valence-corrected chi connectivity index (χ2v) is 4.85. The van der Waals surface area contributed by atoms with Gasteiger partial charge in [0.05, 0.1) is 11.2 Å². The highest BCUT2D eigenvalue weighted by Gasteiger charge is 2.20. The lowest BCUT2D eigenvalue weighted by Crippen LogP contribution is -2.42. The van der Waals surface area contributed by atoms with Gasteiger partial charge in [-0.05, 0) is 25.3 Å². The molecule has 0 saturated heterocycles. The lowest BCUT2D eigenvalue weighted by Gasteiger charge is -2.22. The van der Waals surface area contributed by atoms with Gasteiger partial charge in [-0.25, -0.2) is 4.98 Å². The van der Waals surface area contributed by atoms with Crippen LogP contribution in [0.5, 0.6) is 0 Å². The summed E-state index contributed by atoms with van der Waals surface area (Å²) in [5.74, 6) is -0.482. The first kappa shape index (κ1) is 13.9. The van der Waals surface area contributed by atoms with Crippen LogP contribution in [0.1, 0.15) is 17.3 Å². The predicted octanol–water partition coefficient (Wildman–Crippen LogP) is 1.06. The first-order valence-electron chi connectivity index (χ1n) is 5.06. The highest BCUT2D eigenvalue weighted by atomic mass is 32.2. The predicted molar refractivity (Wildman–Crippen MR) is 65.5 cm³/mol. The average molecular weight is 258 g/mol. The molecule has 1 heterocycles. The molecule has 94 valence electrons. The molecule has 1 rings (SSSR count). The Balaban J connectivity index is 2.53. The van der Waals surface area contributed by atoms with Crippen LogP contribution in [0.3, 0.4) is 0 Å². The third-order valence-electron chi connectivity index (χ3n) is 2.07. The van der Waals surface area contributed by atoms with Crippen molar-refractivity contribution in [2.45, 2.75) is 12.5 Å². The Kier molecular flexibility index (Phi) is 4.89. The van der Waals surface area contributed by atoms with Crippen molar-refractivity contribution < 1.29 is 14.3 Å². The minimum atomic E-state index is -0.956. The Morgan fingerprint density at radius 2 is 2.35 bits per heavy atom. The van der Waals surface area contributed by atoms with Gasteiger partial charge in [-0.3, -0.25) is 4.79 Å². The molecule has 1 atom stereocenters. The van der Waals surface area contributed by atoms with Gasteiger partial charge in [0, 0.05) is 18.5 Å². The van der Waals surface area contributed by atoms with E-state index in [-0.39, 0.29) is 18.0 Å². The molecule has 0 aliphatic rings. The number of thioether (sulfide) groups is 1. The summed E-state index contributed by atoms with van der Waals surface area (Å²) in [7, 11) is 0. The molecule has 1 amide bonds. The average Bonchev–Trinajstić information content (AvgIpc) is 2.27. The monoisotopic (exact) mass is 258 g/mol. The number of nitrogens with one attached hydrogen (secondary N) is 1. The zero-order valence-corrected chi connectivity index (χ0v) is 10.6. The van der Waals surface area contributed by atoms with Gasteiger partial charge in [-0.1, -0.05) is 0 Å². The van der Waals surface area contributed by atoms with E-state index in [0.717, 1.165) is 12.3 Å². The van der Waals surface area contributed by atoms with Crippen molar-refractivity contribution in [1.29, 1.82) is 0 Å². The highest BCUT2D eigenvalue weighted by molar-refractivity contribution is 7.98. The second kappa shape index (κ2) is 5.97. The van der Waals surface area contributed by atoms with Crippen LogP contribution in [-0.2, 0) is 0 Å². The van der Waals surface area contributed by atoms with E-state index in [9.17, 15) is 14.3 Å². The Morgan fingerprint density at radius 3 is 2.88 bits per heavy atom. The van der Waals surface area contributed by atoms with E-state index in [1.165, 1.54) is 17.8 Å². The van der Waals surface area contributed by atoms with Crippen LogP contribution in [0, 0.1) is 5.95 Å². The number of aromatic nitrogens is 1. The lowest BCUT2D eigenvalue weighted by molar-refractivity contribution is 0.0725. The molecule has 0 aliphatic heterocycles. The quantitative estimate of drug-likeness (QED) is 0.775. The summed E-state index contributed by atoms with van der Waals surface area (Å²) >= 11 is 1.49. The molecule has 1 unspecified atom stereocenters. The molecule has 0 aliphatic carbocycles. The van der Waals surface area contributed by atoms with E-state index in [2.05, 4.69) is 10.3 Å². The number of nitrogens with zero attached hydrogens (tertiary/aromatic N) is 1. The maximum atomic E-state index is 12.5. The fourth-order valence-electron chi connectivity index (χ4n) is 1.24. The molecule has 4 nitrogen and oxygen atoms in total. The molecule has 0 saturated carbocycles. The van der Waals surface area contributed by atoms with E-state index in [4.69, 9.17) is 0 Å². The Bertz CT molecular complexity index is 382. The summed E-state index contributed by atoms with van der Waals surface area (Å²) in [4.78, 5) is 15.0. The van der Waals surface area contributed by atoms with Crippen LogP contribution < -0.4 is 5.32 Å². The molecule has 17 heavy (non-hydrogen) atoms. The van der Waals surface area contributed by atoms with E-state index in [1.807, 2.05) is 6.26 Å². The molecule has 0 fully saturated rings. The molecule has 1 aromatic heterocycles.